The van der Waals surface area contributed by atoms with Crippen LogP contribution in [0.15, 0.2) is 23.2 Å². The molecule has 0 aliphatic carbocycles. The van der Waals surface area contributed by atoms with E-state index in [2.05, 4.69) is 10.3 Å². The molecule has 1 saturated heterocycles. The first kappa shape index (κ1) is 25.5. The molecule has 3 N–H and O–H groups in total. The Bertz CT molecular complexity index is 658. The van der Waals surface area contributed by atoms with Gasteiger partial charge in [0.15, 0.2) is 5.96 Å². The van der Waals surface area contributed by atoms with Crippen LogP contribution in [0.1, 0.15) is 25.3 Å². The van der Waals surface area contributed by atoms with E-state index in [4.69, 9.17) is 33.7 Å². The van der Waals surface area contributed by atoms with Crippen LogP contribution in [0, 0.1) is 0 Å². The lowest BCUT2D eigenvalue weighted by Crippen LogP contribution is -2.48. The van der Waals surface area contributed by atoms with Crippen molar-refractivity contribution in [2.24, 2.45) is 10.7 Å². The van der Waals surface area contributed by atoms with Gasteiger partial charge >= 0.3 is 6.09 Å². The zero-order valence-corrected chi connectivity index (χ0v) is 20.5. The first-order valence-electron chi connectivity index (χ1n) is 8.99. The van der Waals surface area contributed by atoms with Crippen LogP contribution in [-0.4, -0.2) is 55.0 Å². The van der Waals surface area contributed by atoms with E-state index in [-0.39, 0.29) is 36.1 Å². The summed E-state index contributed by atoms with van der Waals surface area (Å²) >= 11 is 13.8. The maximum Gasteiger partial charge on any atom is 0.409 e. The largest absolute Gasteiger partial charge is 0.450 e. The van der Waals surface area contributed by atoms with Gasteiger partial charge in [-0.25, -0.2) is 4.79 Å². The summed E-state index contributed by atoms with van der Waals surface area (Å²) in [7, 11) is 0. The Kier molecular flexibility index (Phi) is 12.4. The number of hydrogen-bond acceptors (Lipinski definition) is 4. The zero-order valence-electron chi connectivity index (χ0n) is 15.8. The van der Waals surface area contributed by atoms with E-state index in [0.717, 1.165) is 29.9 Å². The van der Waals surface area contributed by atoms with Crippen LogP contribution in [-0.2, 0) is 10.5 Å². The average molecular weight is 561 g/mol. The molecule has 0 radical (unpaired) electrons. The van der Waals surface area contributed by atoms with Crippen LogP contribution in [0.5, 0.6) is 0 Å². The number of benzene rings is 1. The Morgan fingerprint density at radius 2 is 2.11 bits per heavy atom. The number of ether oxygens (including phenoxy) is 1. The number of carbonyl (C=O) groups excluding carboxylic acids is 1. The smallest absolute Gasteiger partial charge is 0.409 e. The van der Waals surface area contributed by atoms with Crippen molar-refractivity contribution >= 4 is 71.0 Å². The van der Waals surface area contributed by atoms with Gasteiger partial charge in [-0.1, -0.05) is 29.3 Å². The van der Waals surface area contributed by atoms with Gasteiger partial charge in [0.25, 0.3) is 0 Å². The average Bonchev–Trinajstić information content (AvgIpc) is 2.64. The van der Waals surface area contributed by atoms with Crippen LogP contribution in [0.4, 0.5) is 4.79 Å². The summed E-state index contributed by atoms with van der Waals surface area (Å²) in [5.74, 6) is 2.11. The van der Waals surface area contributed by atoms with Crippen molar-refractivity contribution in [3.63, 3.8) is 0 Å². The van der Waals surface area contributed by atoms with Gasteiger partial charge in [-0.3, -0.25) is 4.99 Å². The number of guanidine groups is 1. The normalized spacial score (nSPS) is 15.1. The van der Waals surface area contributed by atoms with Crippen molar-refractivity contribution in [1.82, 2.24) is 10.2 Å². The molecule has 1 heterocycles. The van der Waals surface area contributed by atoms with Crippen LogP contribution in [0.25, 0.3) is 0 Å². The van der Waals surface area contributed by atoms with Gasteiger partial charge < -0.3 is 20.7 Å². The second-order valence-corrected chi connectivity index (χ2v) is 8.11. The minimum atomic E-state index is -0.240. The number of thioether (sulfide) groups is 1. The van der Waals surface area contributed by atoms with Crippen molar-refractivity contribution in [1.29, 1.82) is 0 Å². The summed E-state index contributed by atoms with van der Waals surface area (Å²) in [5.41, 5.74) is 7.03. The summed E-state index contributed by atoms with van der Waals surface area (Å²) in [4.78, 5) is 17.8. The van der Waals surface area contributed by atoms with E-state index in [1.807, 2.05) is 19.1 Å². The van der Waals surface area contributed by atoms with Gasteiger partial charge in [0.2, 0.25) is 0 Å². The molecule has 28 heavy (non-hydrogen) atoms. The maximum atomic E-state index is 11.7. The van der Waals surface area contributed by atoms with Crippen molar-refractivity contribution in [3.8, 4) is 0 Å². The number of amides is 1. The van der Waals surface area contributed by atoms with E-state index < -0.39 is 0 Å². The molecule has 1 amide bonds. The van der Waals surface area contributed by atoms with Crippen LogP contribution in [0.2, 0.25) is 10.0 Å². The number of carbonyl (C=O) groups is 1. The van der Waals surface area contributed by atoms with Crippen molar-refractivity contribution in [3.05, 3.63) is 33.8 Å². The van der Waals surface area contributed by atoms with E-state index in [1.165, 1.54) is 0 Å². The predicted octanol–water partition coefficient (Wildman–Crippen LogP) is 4.37. The summed E-state index contributed by atoms with van der Waals surface area (Å²) < 4.78 is 5.02. The maximum absolute atomic E-state index is 11.7. The number of aliphatic imine (C=N–C) groups is 1. The Labute approximate surface area is 197 Å². The third-order valence-electron chi connectivity index (χ3n) is 4.16. The molecule has 6 nitrogen and oxygen atoms in total. The molecule has 2 rings (SSSR count). The third-order valence-corrected chi connectivity index (χ3v) is 5.74. The Morgan fingerprint density at radius 1 is 1.39 bits per heavy atom. The Balaban J connectivity index is 0.00000392. The van der Waals surface area contributed by atoms with Gasteiger partial charge in [0.1, 0.15) is 0 Å². The second kappa shape index (κ2) is 13.6. The summed E-state index contributed by atoms with van der Waals surface area (Å²) in [6.45, 7) is 4.18. The molecule has 158 valence electrons. The van der Waals surface area contributed by atoms with Gasteiger partial charge in [0.05, 0.1) is 13.2 Å². The number of rotatable bonds is 7. The minimum absolute atomic E-state index is 0. The number of nitrogens with zero attached hydrogens (tertiary/aromatic N) is 2. The fourth-order valence-electron chi connectivity index (χ4n) is 2.73. The molecule has 1 aliphatic rings. The van der Waals surface area contributed by atoms with E-state index in [9.17, 15) is 4.79 Å². The third kappa shape index (κ3) is 8.84. The fraction of sp³-hybridized carbons (Fsp3) is 0.556. The molecule has 0 bridgehead atoms. The predicted molar refractivity (Wildman–Crippen MR) is 129 cm³/mol. The van der Waals surface area contributed by atoms with Crippen LogP contribution < -0.4 is 11.1 Å². The number of likely N-dealkylation sites (tertiary alicyclic amines) is 1. The van der Waals surface area contributed by atoms with Crippen molar-refractivity contribution in [2.75, 3.05) is 32.0 Å². The molecule has 10 heteroatoms. The number of piperidine rings is 1. The quantitative estimate of drug-likeness (QED) is 0.224. The molecule has 0 saturated carbocycles. The SMILES string of the molecule is CCOC(=O)N1CCC(NC(N)=NCCSCc2ccc(Cl)cc2Cl)CC1.I. The van der Waals surface area contributed by atoms with Gasteiger partial charge in [-0.05, 0) is 37.5 Å². The summed E-state index contributed by atoms with van der Waals surface area (Å²) in [6, 6.07) is 5.78. The van der Waals surface area contributed by atoms with Crippen LogP contribution >= 0.6 is 58.9 Å². The molecule has 1 aromatic rings. The van der Waals surface area contributed by atoms with Gasteiger partial charge in [-0.2, -0.15) is 11.8 Å². The number of halogens is 3. The molecule has 0 spiro atoms. The monoisotopic (exact) mass is 560 g/mol. The van der Waals surface area contributed by atoms with E-state index in [1.54, 1.807) is 22.7 Å². The molecule has 0 atom stereocenters. The lowest BCUT2D eigenvalue weighted by atomic mass is 10.1. The first-order valence-corrected chi connectivity index (χ1v) is 10.9. The van der Waals surface area contributed by atoms with Crippen molar-refractivity contribution < 1.29 is 9.53 Å². The second-order valence-electron chi connectivity index (χ2n) is 6.16. The number of hydrogen-bond donors (Lipinski definition) is 2. The molecular formula is C18H27Cl2IN4O2S. The summed E-state index contributed by atoms with van der Waals surface area (Å²) in [5, 5.41) is 4.57. The topological polar surface area (TPSA) is 80.0 Å². The number of nitrogens with one attached hydrogen (secondary N) is 1. The molecule has 1 fully saturated rings. The van der Waals surface area contributed by atoms with Gasteiger partial charge in [0, 0.05) is 40.7 Å². The zero-order chi connectivity index (χ0) is 19.6. The Morgan fingerprint density at radius 3 is 2.75 bits per heavy atom. The molecule has 0 unspecified atom stereocenters. The lowest BCUT2D eigenvalue weighted by molar-refractivity contribution is 0.0963. The summed E-state index contributed by atoms with van der Waals surface area (Å²) in [6.07, 6.45) is 1.42. The number of nitrogens with two attached hydrogens (primary N) is 1. The van der Waals surface area contributed by atoms with Gasteiger partial charge in [-0.15, -0.1) is 24.0 Å². The fourth-order valence-corrected chi connectivity index (χ4v) is 4.12. The molecule has 0 aromatic heterocycles. The molecule has 1 aromatic carbocycles. The highest BCUT2D eigenvalue weighted by Gasteiger charge is 2.23. The highest BCUT2D eigenvalue weighted by molar-refractivity contribution is 14.0. The minimum Gasteiger partial charge on any atom is -0.450 e. The standard InChI is InChI=1S/C18H26Cl2N4O2S.HI/c1-2-26-18(25)24-8-5-15(6-9-24)23-17(21)22-7-10-27-12-13-3-4-14(19)11-16(13)20;/h3-4,11,15H,2,5-10,12H2,1H3,(H3,21,22,23);1H. The highest BCUT2D eigenvalue weighted by atomic mass is 127. The van der Waals surface area contributed by atoms with E-state index in [0.29, 0.717) is 42.2 Å². The molecule has 1 aliphatic heterocycles. The highest BCUT2D eigenvalue weighted by Crippen LogP contribution is 2.24. The Hall–Kier alpha value is -0.580. The first-order chi connectivity index (χ1) is 13.0. The molecular weight excluding hydrogens is 534 g/mol. The lowest BCUT2D eigenvalue weighted by Gasteiger charge is -2.31. The van der Waals surface area contributed by atoms with Crippen molar-refractivity contribution in [2.45, 2.75) is 31.6 Å². The van der Waals surface area contributed by atoms with E-state index >= 15 is 0 Å². The van der Waals surface area contributed by atoms with Crippen LogP contribution in [0.3, 0.4) is 0 Å².